The van der Waals surface area contributed by atoms with E-state index in [0.29, 0.717) is 6.42 Å². The van der Waals surface area contributed by atoms with Gasteiger partial charge in [-0.2, -0.15) is 4.31 Å². The van der Waals surface area contributed by atoms with Crippen LogP contribution < -0.4 is 5.73 Å². The van der Waals surface area contributed by atoms with Crippen molar-refractivity contribution in [2.24, 2.45) is 0 Å². The number of hydrogen-bond acceptors (Lipinski definition) is 5. The highest BCUT2D eigenvalue weighted by Crippen LogP contribution is 2.30. The first-order chi connectivity index (χ1) is 9.67. The Morgan fingerprint density at radius 3 is 2.62 bits per heavy atom. The molecule has 0 amide bonds. The van der Waals surface area contributed by atoms with Crippen molar-refractivity contribution < 1.29 is 16.8 Å². The maximum Gasteiger partial charge on any atom is 0.244 e. The number of halogens is 1. The van der Waals surface area contributed by atoms with E-state index in [4.69, 9.17) is 17.3 Å². The lowest BCUT2D eigenvalue weighted by Gasteiger charge is -2.26. The average Bonchev–Trinajstić information content (AvgIpc) is 2.73. The quantitative estimate of drug-likeness (QED) is 0.819. The van der Waals surface area contributed by atoms with Gasteiger partial charge in [0.2, 0.25) is 10.0 Å². The van der Waals surface area contributed by atoms with Crippen LogP contribution in [0.2, 0.25) is 5.02 Å². The van der Waals surface area contributed by atoms with Gasteiger partial charge in [0, 0.05) is 18.3 Å². The first-order valence-corrected chi connectivity index (χ1v) is 10.1. The summed E-state index contributed by atoms with van der Waals surface area (Å²) in [7, 11) is -7.06. The van der Waals surface area contributed by atoms with Crippen LogP contribution in [0.15, 0.2) is 23.1 Å². The second kappa shape index (κ2) is 5.75. The molecule has 0 saturated carbocycles. The number of rotatable bonds is 4. The number of sulfonamides is 1. The largest absolute Gasteiger partial charge is 0.399 e. The third-order valence-corrected chi connectivity index (χ3v) is 7.73. The Balaban J connectivity index is 2.43. The van der Waals surface area contributed by atoms with E-state index in [1.54, 1.807) is 6.92 Å². The smallest absolute Gasteiger partial charge is 0.244 e. The van der Waals surface area contributed by atoms with Crippen molar-refractivity contribution in [3.63, 3.8) is 0 Å². The molecule has 1 saturated heterocycles. The van der Waals surface area contributed by atoms with E-state index in [-0.39, 0.29) is 33.7 Å². The molecule has 1 aromatic rings. The van der Waals surface area contributed by atoms with Crippen LogP contribution in [0.3, 0.4) is 0 Å². The lowest BCUT2D eigenvalue weighted by Crippen LogP contribution is -2.41. The second-order valence-electron chi connectivity index (χ2n) is 4.96. The number of nitrogens with two attached hydrogens (primary N) is 1. The van der Waals surface area contributed by atoms with E-state index in [1.165, 1.54) is 22.5 Å². The Bertz CT molecular complexity index is 747. The van der Waals surface area contributed by atoms with Gasteiger partial charge < -0.3 is 5.73 Å². The molecule has 1 aliphatic heterocycles. The third kappa shape index (κ3) is 3.33. The van der Waals surface area contributed by atoms with Gasteiger partial charge in [-0.1, -0.05) is 18.5 Å². The zero-order valence-corrected chi connectivity index (χ0v) is 13.9. The minimum Gasteiger partial charge on any atom is -0.399 e. The van der Waals surface area contributed by atoms with E-state index in [0.717, 1.165) is 0 Å². The number of anilines is 1. The number of hydrogen-bond donors (Lipinski definition) is 1. The van der Waals surface area contributed by atoms with Gasteiger partial charge in [-0.15, -0.1) is 0 Å². The summed E-state index contributed by atoms with van der Waals surface area (Å²) >= 11 is 5.96. The van der Waals surface area contributed by atoms with Crippen LogP contribution in [0.4, 0.5) is 5.69 Å². The molecule has 0 aromatic heterocycles. The summed E-state index contributed by atoms with van der Waals surface area (Å²) in [6.45, 7) is 1.84. The SMILES string of the molecule is CCN(C1CCS(=O)(=O)C1)S(=O)(=O)c1cc(N)ccc1Cl. The number of benzene rings is 1. The highest BCUT2D eigenvalue weighted by atomic mass is 35.5. The zero-order valence-electron chi connectivity index (χ0n) is 11.5. The predicted octanol–water partition coefficient (Wildman–Crippen LogP) is 1.12. The van der Waals surface area contributed by atoms with Gasteiger partial charge in [-0.05, 0) is 24.6 Å². The molecule has 0 spiro atoms. The highest BCUT2D eigenvalue weighted by Gasteiger charge is 2.38. The molecule has 1 fully saturated rings. The Labute approximate surface area is 129 Å². The molecule has 1 aromatic carbocycles. The molecule has 0 radical (unpaired) electrons. The molecule has 0 aliphatic carbocycles. The Hall–Kier alpha value is -0.830. The van der Waals surface area contributed by atoms with E-state index < -0.39 is 25.9 Å². The van der Waals surface area contributed by atoms with E-state index in [9.17, 15) is 16.8 Å². The van der Waals surface area contributed by atoms with Gasteiger partial charge in [0.05, 0.1) is 16.5 Å². The van der Waals surface area contributed by atoms with Crippen molar-refractivity contribution in [1.82, 2.24) is 4.31 Å². The first kappa shape index (κ1) is 16.5. The molecule has 1 atom stereocenters. The zero-order chi connectivity index (χ0) is 15.8. The van der Waals surface area contributed by atoms with Crippen LogP contribution in [-0.2, 0) is 19.9 Å². The fourth-order valence-electron chi connectivity index (χ4n) is 2.47. The van der Waals surface area contributed by atoms with E-state index in [1.807, 2.05) is 0 Å². The van der Waals surface area contributed by atoms with E-state index >= 15 is 0 Å². The normalized spacial score (nSPS) is 21.8. The Morgan fingerprint density at radius 2 is 2.10 bits per heavy atom. The number of nitrogen functional groups attached to an aromatic ring is 1. The Kier molecular flexibility index (Phi) is 4.53. The molecule has 1 unspecified atom stereocenters. The Morgan fingerprint density at radius 1 is 1.43 bits per heavy atom. The van der Waals surface area contributed by atoms with E-state index in [2.05, 4.69) is 0 Å². The number of sulfone groups is 1. The van der Waals surface area contributed by atoms with Gasteiger partial charge in [0.1, 0.15) is 4.90 Å². The standard InChI is InChI=1S/C12H17ClN2O4S2/c1-2-15(10-5-6-20(16,17)8-10)21(18,19)12-7-9(14)3-4-11(12)13/h3-4,7,10H,2,5-6,8,14H2,1H3. The van der Waals surface area contributed by atoms with Gasteiger partial charge >= 0.3 is 0 Å². The molecule has 2 N–H and O–H groups in total. The first-order valence-electron chi connectivity index (χ1n) is 6.44. The highest BCUT2D eigenvalue weighted by molar-refractivity contribution is 7.92. The van der Waals surface area contributed by atoms with Gasteiger partial charge in [0.15, 0.2) is 9.84 Å². The molecule has 6 nitrogen and oxygen atoms in total. The molecule has 2 rings (SSSR count). The lowest BCUT2D eigenvalue weighted by molar-refractivity contribution is 0.354. The molecular formula is C12H17ClN2O4S2. The molecule has 118 valence electrons. The lowest BCUT2D eigenvalue weighted by atomic mass is 10.3. The minimum absolute atomic E-state index is 0.00828. The molecule has 1 aliphatic rings. The van der Waals surface area contributed by atoms with Crippen LogP contribution in [0.25, 0.3) is 0 Å². The van der Waals surface area contributed by atoms with Crippen LogP contribution in [0.5, 0.6) is 0 Å². The predicted molar refractivity (Wildman–Crippen MR) is 82.5 cm³/mol. The summed E-state index contributed by atoms with van der Waals surface area (Å²) in [5.74, 6) is -0.144. The van der Waals surface area contributed by atoms with Crippen LogP contribution in [0, 0.1) is 0 Å². The molecule has 21 heavy (non-hydrogen) atoms. The molecule has 1 heterocycles. The molecule has 9 heteroatoms. The van der Waals surface area contributed by atoms with Gasteiger partial charge in [-0.3, -0.25) is 0 Å². The topological polar surface area (TPSA) is 97.5 Å². The summed E-state index contributed by atoms with van der Waals surface area (Å²) in [6, 6.07) is 3.67. The fourth-order valence-corrected chi connectivity index (χ4v) is 6.47. The summed E-state index contributed by atoms with van der Waals surface area (Å²) in [5, 5.41) is 0.0727. The second-order valence-corrected chi connectivity index (χ2v) is 9.45. The van der Waals surface area contributed by atoms with Crippen LogP contribution in [-0.4, -0.2) is 45.2 Å². The molecular weight excluding hydrogens is 336 g/mol. The van der Waals surface area contributed by atoms with Crippen molar-refractivity contribution in [1.29, 1.82) is 0 Å². The minimum atomic E-state index is -3.88. The van der Waals surface area contributed by atoms with Crippen LogP contribution >= 0.6 is 11.6 Å². The van der Waals surface area contributed by atoms with Crippen molar-refractivity contribution >= 4 is 37.1 Å². The van der Waals surface area contributed by atoms with Crippen molar-refractivity contribution in [3.05, 3.63) is 23.2 Å². The summed E-state index contributed by atoms with van der Waals surface area (Å²) in [6.07, 6.45) is 0.301. The van der Waals surface area contributed by atoms with Crippen LogP contribution in [0.1, 0.15) is 13.3 Å². The van der Waals surface area contributed by atoms with Gasteiger partial charge in [-0.25, -0.2) is 16.8 Å². The van der Waals surface area contributed by atoms with Crippen molar-refractivity contribution in [2.75, 3.05) is 23.8 Å². The summed E-state index contributed by atoms with van der Waals surface area (Å²) < 4.78 is 49.8. The maximum atomic E-state index is 12.7. The summed E-state index contributed by atoms with van der Waals surface area (Å²) in [5.41, 5.74) is 5.91. The molecule has 0 bridgehead atoms. The maximum absolute atomic E-state index is 12.7. The monoisotopic (exact) mass is 352 g/mol. The summed E-state index contributed by atoms with van der Waals surface area (Å²) in [4.78, 5) is -0.0877. The van der Waals surface area contributed by atoms with Gasteiger partial charge in [0.25, 0.3) is 0 Å². The number of nitrogens with zero attached hydrogens (tertiary/aromatic N) is 1. The fraction of sp³-hybridized carbons (Fsp3) is 0.500. The van der Waals surface area contributed by atoms with Crippen molar-refractivity contribution in [2.45, 2.75) is 24.3 Å². The average molecular weight is 353 g/mol. The third-order valence-electron chi connectivity index (χ3n) is 3.47. The van der Waals surface area contributed by atoms with Crippen molar-refractivity contribution in [3.8, 4) is 0 Å².